The Morgan fingerprint density at radius 2 is 1.93 bits per heavy atom. The molecule has 0 spiro atoms. The Bertz CT molecular complexity index is 634. The van der Waals surface area contributed by atoms with Crippen molar-refractivity contribution in [3.63, 3.8) is 0 Å². The van der Waals surface area contributed by atoms with Crippen LogP contribution >= 0.6 is 0 Å². The van der Waals surface area contributed by atoms with E-state index in [4.69, 9.17) is 4.74 Å². The van der Waals surface area contributed by atoms with Crippen molar-refractivity contribution >= 4 is 12.0 Å². The van der Waals surface area contributed by atoms with E-state index >= 15 is 0 Å². The molecular formula is C20H31N3O4. The monoisotopic (exact) mass is 377 g/mol. The number of aromatic nitrogens is 1. The molecular weight excluding hydrogens is 346 g/mol. The van der Waals surface area contributed by atoms with Crippen LogP contribution in [-0.2, 0) is 4.79 Å². The zero-order valence-electron chi connectivity index (χ0n) is 16.9. The summed E-state index contributed by atoms with van der Waals surface area (Å²) in [7, 11) is 0. The van der Waals surface area contributed by atoms with Gasteiger partial charge in [-0.05, 0) is 38.8 Å². The minimum Gasteiger partial charge on any atom is -0.489 e. The summed E-state index contributed by atoms with van der Waals surface area (Å²) >= 11 is 0. The lowest BCUT2D eigenvalue weighted by Crippen LogP contribution is -2.60. The van der Waals surface area contributed by atoms with E-state index in [9.17, 15) is 14.7 Å². The minimum atomic E-state index is -1.07. The van der Waals surface area contributed by atoms with Crippen molar-refractivity contribution in [2.75, 3.05) is 13.1 Å². The first-order chi connectivity index (χ1) is 12.6. The minimum absolute atomic E-state index is 0.0361. The molecule has 2 heterocycles. The summed E-state index contributed by atoms with van der Waals surface area (Å²) in [5.74, 6) is 0.492. The van der Waals surface area contributed by atoms with E-state index in [1.165, 1.54) is 4.90 Å². The van der Waals surface area contributed by atoms with Crippen molar-refractivity contribution < 1.29 is 19.4 Å². The second-order valence-corrected chi connectivity index (χ2v) is 8.34. The molecule has 1 aromatic rings. The Labute approximate surface area is 161 Å². The molecule has 7 heteroatoms. The van der Waals surface area contributed by atoms with Gasteiger partial charge in [-0.3, -0.25) is 14.7 Å². The molecule has 1 N–H and O–H groups in total. The smallest absolute Gasteiger partial charge is 0.408 e. The number of nitrogens with zero attached hydrogens (tertiary/aromatic N) is 3. The summed E-state index contributed by atoms with van der Waals surface area (Å²) in [6.07, 6.45) is 3.78. The second kappa shape index (κ2) is 8.59. The molecule has 1 fully saturated rings. The fraction of sp³-hybridized carbons (Fsp3) is 0.650. The first kappa shape index (κ1) is 21.0. The molecule has 1 atom stereocenters. The van der Waals surface area contributed by atoms with Crippen molar-refractivity contribution in [2.24, 2.45) is 5.92 Å². The molecule has 0 aliphatic carbocycles. The van der Waals surface area contributed by atoms with Crippen LogP contribution in [0.15, 0.2) is 24.5 Å². The normalized spacial score (nSPS) is 16.9. The molecule has 0 bridgehead atoms. The number of amides is 2. The first-order valence-electron chi connectivity index (χ1n) is 9.49. The topological polar surface area (TPSA) is 83.0 Å². The van der Waals surface area contributed by atoms with E-state index in [1.54, 1.807) is 17.3 Å². The summed E-state index contributed by atoms with van der Waals surface area (Å²) in [6, 6.07) is 3.00. The summed E-state index contributed by atoms with van der Waals surface area (Å²) < 4.78 is 5.93. The van der Waals surface area contributed by atoms with Crippen LogP contribution in [0.5, 0.6) is 5.75 Å². The maximum atomic E-state index is 13.2. The summed E-state index contributed by atoms with van der Waals surface area (Å²) in [6.45, 7) is 10.4. The number of carbonyl (C=O) groups excluding carboxylic acids is 1. The van der Waals surface area contributed by atoms with E-state index in [1.807, 2.05) is 46.8 Å². The van der Waals surface area contributed by atoms with Gasteiger partial charge in [-0.15, -0.1) is 0 Å². The lowest BCUT2D eigenvalue weighted by atomic mass is 9.94. The fourth-order valence-electron chi connectivity index (χ4n) is 3.51. The lowest BCUT2D eigenvalue weighted by molar-refractivity contribution is -0.141. The van der Waals surface area contributed by atoms with Gasteiger partial charge in [0.2, 0.25) is 5.91 Å². The van der Waals surface area contributed by atoms with Gasteiger partial charge in [0.15, 0.2) is 0 Å². The number of rotatable bonds is 5. The van der Waals surface area contributed by atoms with E-state index in [0.717, 1.165) is 5.75 Å². The number of ether oxygens (including phenoxy) is 1. The van der Waals surface area contributed by atoms with Gasteiger partial charge >= 0.3 is 6.09 Å². The molecule has 1 saturated heterocycles. The van der Waals surface area contributed by atoms with Crippen LogP contribution in [0, 0.1) is 5.92 Å². The highest BCUT2D eigenvalue weighted by Crippen LogP contribution is 2.26. The highest BCUT2D eigenvalue weighted by atomic mass is 16.5. The number of hydrogen-bond acceptors (Lipinski definition) is 4. The third-order valence-electron chi connectivity index (χ3n) is 4.78. The fourth-order valence-corrected chi connectivity index (χ4v) is 3.51. The first-order valence-corrected chi connectivity index (χ1v) is 9.49. The Morgan fingerprint density at radius 3 is 2.37 bits per heavy atom. The number of carbonyl (C=O) groups is 2. The Hall–Kier alpha value is -2.31. The van der Waals surface area contributed by atoms with Crippen LogP contribution < -0.4 is 4.74 Å². The molecule has 2 rings (SSSR count). The second-order valence-electron chi connectivity index (χ2n) is 8.34. The van der Waals surface area contributed by atoms with Gasteiger partial charge in [0.05, 0.1) is 6.20 Å². The van der Waals surface area contributed by atoms with Gasteiger partial charge in [0, 0.05) is 37.7 Å². The van der Waals surface area contributed by atoms with Gasteiger partial charge < -0.3 is 14.7 Å². The molecule has 7 nitrogen and oxygen atoms in total. The maximum Gasteiger partial charge on any atom is 0.408 e. The maximum absolute atomic E-state index is 13.2. The SMILES string of the molecule is CC(C)[C@@H](C(=O)N1CCC(Oc2cccnc2)CC1)N(C(=O)O)C(C)(C)C. The summed E-state index contributed by atoms with van der Waals surface area (Å²) in [5, 5.41) is 9.71. The van der Waals surface area contributed by atoms with Crippen molar-refractivity contribution in [2.45, 2.75) is 65.1 Å². The zero-order chi connectivity index (χ0) is 20.2. The molecule has 2 amide bonds. The quantitative estimate of drug-likeness (QED) is 0.852. The average Bonchev–Trinajstić information content (AvgIpc) is 2.59. The Morgan fingerprint density at radius 1 is 1.30 bits per heavy atom. The summed E-state index contributed by atoms with van der Waals surface area (Å²) in [5.41, 5.74) is -0.655. The molecule has 0 unspecified atom stereocenters. The number of pyridine rings is 1. The number of piperidine rings is 1. The zero-order valence-corrected chi connectivity index (χ0v) is 16.9. The van der Waals surface area contributed by atoms with Crippen LogP contribution in [0.3, 0.4) is 0 Å². The largest absolute Gasteiger partial charge is 0.489 e. The lowest BCUT2D eigenvalue weighted by Gasteiger charge is -2.43. The Kier molecular flexibility index (Phi) is 6.68. The molecule has 27 heavy (non-hydrogen) atoms. The van der Waals surface area contributed by atoms with Gasteiger partial charge in [-0.25, -0.2) is 4.79 Å². The highest BCUT2D eigenvalue weighted by Gasteiger charge is 2.41. The van der Waals surface area contributed by atoms with Crippen molar-refractivity contribution in [1.82, 2.24) is 14.8 Å². The van der Waals surface area contributed by atoms with E-state index in [-0.39, 0.29) is 17.9 Å². The summed E-state index contributed by atoms with van der Waals surface area (Å²) in [4.78, 5) is 32.1. The standard InChI is InChI=1S/C20H31N3O4/c1-14(2)17(23(19(25)26)20(3,4)5)18(24)22-11-8-15(9-12-22)27-16-7-6-10-21-13-16/h6-7,10,13-15,17H,8-9,11-12H2,1-5H3,(H,25,26)/t17-/m0/s1. The predicted octanol–water partition coefficient (Wildman–Crippen LogP) is 3.25. The molecule has 0 aromatic carbocycles. The van der Waals surface area contributed by atoms with E-state index < -0.39 is 17.7 Å². The van der Waals surface area contributed by atoms with Crippen LogP contribution in [-0.4, -0.2) is 62.7 Å². The molecule has 150 valence electrons. The van der Waals surface area contributed by atoms with Crippen molar-refractivity contribution in [3.05, 3.63) is 24.5 Å². The van der Waals surface area contributed by atoms with E-state index in [2.05, 4.69) is 4.98 Å². The van der Waals surface area contributed by atoms with Crippen LogP contribution in [0.1, 0.15) is 47.5 Å². The molecule has 0 radical (unpaired) electrons. The highest BCUT2D eigenvalue weighted by molar-refractivity contribution is 5.86. The third kappa shape index (κ3) is 5.34. The van der Waals surface area contributed by atoms with Gasteiger partial charge in [0.25, 0.3) is 0 Å². The van der Waals surface area contributed by atoms with Crippen molar-refractivity contribution in [1.29, 1.82) is 0 Å². The van der Waals surface area contributed by atoms with Crippen LogP contribution in [0.25, 0.3) is 0 Å². The van der Waals surface area contributed by atoms with Gasteiger partial charge in [-0.1, -0.05) is 13.8 Å². The number of hydrogen-bond donors (Lipinski definition) is 1. The van der Waals surface area contributed by atoms with Gasteiger partial charge in [-0.2, -0.15) is 0 Å². The third-order valence-corrected chi connectivity index (χ3v) is 4.78. The molecule has 1 aromatic heterocycles. The Balaban J connectivity index is 2.04. The predicted molar refractivity (Wildman–Crippen MR) is 103 cm³/mol. The average molecular weight is 377 g/mol. The van der Waals surface area contributed by atoms with Crippen molar-refractivity contribution in [3.8, 4) is 5.75 Å². The number of carboxylic acid groups (broad SMARTS) is 1. The van der Waals surface area contributed by atoms with E-state index in [0.29, 0.717) is 25.9 Å². The van der Waals surface area contributed by atoms with Gasteiger partial charge in [0.1, 0.15) is 17.9 Å². The van der Waals surface area contributed by atoms with Crippen LogP contribution in [0.2, 0.25) is 0 Å². The number of likely N-dealkylation sites (tertiary alicyclic amines) is 1. The molecule has 1 aliphatic heterocycles. The molecule has 1 aliphatic rings. The molecule has 0 saturated carbocycles. The van der Waals surface area contributed by atoms with Crippen LogP contribution in [0.4, 0.5) is 4.79 Å².